The van der Waals surface area contributed by atoms with Gasteiger partial charge in [-0.15, -0.1) is 11.8 Å². The van der Waals surface area contributed by atoms with Crippen LogP contribution in [0, 0.1) is 0 Å². The Bertz CT molecular complexity index is 602. The summed E-state index contributed by atoms with van der Waals surface area (Å²) in [4.78, 5) is 25.5. The van der Waals surface area contributed by atoms with Gasteiger partial charge in [0, 0.05) is 5.75 Å². The van der Waals surface area contributed by atoms with Crippen molar-refractivity contribution in [3.8, 4) is 0 Å². The highest BCUT2D eigenvalue weighted by Crippen LogP contribution is 2.37. The molecule has 0 aliphatic carbocycles. The molecule has 0 saturated carbocycles. The summed E-state index contributed by atoms with van der Waals surface area (Å²) in [6, 6.07) is 8.98. The monoisotopic (exact) mass is 304 g/mol. The van der Waals surface area contributed by atoms with Gasteiger partial charge in [-0.25, -0.2) is 4.79 Å². The number of nitrogens with zero attached hydrogens (tertiary/aromatic N) is 1. The second-order valence-electron chi connectivity index (χ2n) is 5.01. The van der Waals surface area contributed by atoms with Crippen LogP contribution in [-0.2, 0) is 14.3 Å². The SMILES string of the molecule is CC(OC(=O)C1=CCS[C@@H]2[C@H](N)C(=O)N12)c1ccccc1. The number of amides is 1. The van der Waals surface area contributed by atoms with Gasteiger partial charge in [-0.2, -0.15) is 0 Å². The van der Waals surface area contributed by atoms with Crippen LogP contribution in [0.3, 0.4) is 0 Å². The van der Waals surface area contributed by atoms with Gasteiger partial charge in [-0.05, 0) is 18.6 Å². The van der Waals surface area contributed by atoms with Crippen LogP contribution < -0.4 is 5.73 Å². The molecule has 1 saturated heterocycles. The molecule has 0 bridgehead atoms. The van der Waals surface area contributed by atoms with E-state index in [1.54, 1.807) is 17.8 Å². The molecule has 1 unspecified atom stereocenters. The number of ether oxygens (including phenoxy) is 1. The van der Waals surface area contributed by atoms with Crippen LogP contribution in [0.25, 0.3) is 0 Å². The van der Waals surface area contributed by atoms with Crippen molar-refractivity contribution in [1.29, 1.82) is 0 Å². The van der Waals surface area contributed by atoms with Gasteiger partial charge in [-0.1, -0.05) is 30.3 Å². The van der Waals surface area contributed by atoms with E-state index < -0.39 is 12.0 Å². The molecular formula is C15H16N2O3S. The third kappa shape index (κ3) is 2.45. The molecule has 0 aromatic heterocycles. The van der Waals surface area contributed by atoms with Gasteiger partial charge in [0.25, 0.3) is 0 Å². The molecule has 3 rings (SSSR count). The molecule has 2 N–H and O–H groups in total. The Morgan fingerprint density at radius 3 is 2.86 bits per heavy atom. The number of thioether (sulfide) groups is 1. The molecule has 6 heteroatoms. The number of carbonyl (C=O) groups is 2. The van der Waals surface area contributed by atoms with Gasteiger partial charge in [-0.3, -0.25) is 9.69 Å². The zero-order valence-corrected chi connectivity index (χ0v) is 12.4. The van der Waals surface area contributed by atoms with Gasteiger partial charge in [0.15, 0.2) is 0 Å². The van der Waals surface area contributed by atoms with Crippen molar-refractivity contribution in [2.45, 2.75) is 24.4 Å². The summed E-state index contributed by atoms with van der Waals surface area (Å²) < 4.78 is 5.46. The first-order valence-electron chi connectivity index (χ1n) is 6.76. The Balaban J connectivity index is 1.71. The highest BCUT2D eigenvalue weighted by Gasteiger charge is 2.50. The minimum atomic E-state index is -0.516. The van der Waals surface area contributed by atoms with Crippen molar-refractivity contribution in [2.24, 2.45) is 5.73 Å². The van der Waals surface area contributed by atoms with Gasteiger partial charge < -0.3 is 10.5 Å². The summed E-state index contributed by atoms with van der Waals surface area (Å²) >= 11 is 1.56. The maximum absolute atomic E-state index is 12.3. The summed E-state index contributed by atoms with van der Waals surface area (Å²) in [6.45, 7) is 1.81. The molecule has 1 amide bonds. The van der Waals surface area contributed by atoms with Crippen LogP contribution in [-0.4, -0.2) is 33.9 Å². The normalized spacial score (nSPS) is 25.5. The number of rotatable bonds is 3. The fraction of sp³-hybridized carbons (Fsp3) is 0.333. The fourth-order valence-corrected chi connectivity index (χ4v) is 3.58. The predicted molar refractivity (Wildman–Crippen MR) is 80.1 cm³/mol. The highest BCUT2D eigenvalue weighted by atomic mass is 32.2. The van der Waals surface area contributed by atoms with Crippen molar-refractivity contribution >= 4 is 23.6 Å². The topological polar surface area (TPSA) is 72.6 Å². The number of fused-ring (bicyclic) bond motifs is 1. The Labute approximate surface area is 127 Å². The predicted octanol–water partition coefficient (Wildman–Crippen LogP) is 1.42. The molecule has 0 spiro atoms. The summed E-state index contributed by atoms with van der Waals surface area (Å²) in [6.07, 6.45) is 1.36. The zero-order chi connectivity index (χ0) is 15.0. The van der Waals surface area contributed by atoms with Crippen molar-refractivity contribution in [3.63, 3.8) is 0 Å². The minimum absolute atomic E-state index is 0.142. The second-order valence-corrected chi connectivity index (χ2v) is 6.16. The Hall–Kier alpha value is -1.79. The summed E-state index contributed by atoms with van der Waals surface area (Å²) in [5.41, 5.74) is 6.97. The van der Waals surface area contributed by atoms with E-state index in [1.165, 1.54) is 4.90 Å². The third-order valence-corrected chi connectivity index (χ3v) is 4.85. The van der Waals surface area contributed by atoms with Crippen molar-refractivity contribution < 1.29 is 14.3 Å². The van der Waals surface area contributed by atoms with Gasteiger partial charge >= 0.3 is 5.97 Å². The van der Waals surface area contributed by atoms with Crippen LogP contribution in [0.1, 0.15) is 18.6 Å². The van der Waals surface area contributed by atoms with E-state index in [0.29, 0.717) is 11.4 Å². The molecule has 110 valence electrons. The minimum Gasteiger partial charge on any atom is -0.453 e. The first kappa shape index (κ1) is 14.2. The largest absolute Gasteiger partial charge is 0.453 e. The number of benzene rings is 1. The number of esters is 1. The fourth-order valence-electron chi connectivity index (χ4n) is 2.44. The molecule has 0 radical (unpaired) electrons. The quantitative estimate of drug-likeness (QED) is 0.675. The van der Waals surface area contributed by atoms with Crippen molar-refractivity contribution in [3.05, 3.63) is 47.7 Å². The number of nitrogens with two attached hydrogens (primary N) is 1. The average molecular weight is 304 g/mol. The maximum atomic E-state index is 12.3. The van der Waals surface area contributed by atoms with Crippen molar-refractivity contribution in [2.75, 3.05) is 5.75 Å². The Morgan fingerprint density at radius 2 is 2.14 bits per heavy atom. The van der Waals surface area contributed by atoms with E-state index in [-0.39, 0.29) is 17.4 Å². The van der Waals surface area contributed by atoms with Crippen LogP contribution in [0.5, 0.6) is 0 Å². The van der Waals surface area contributed by atoms with E-state index >= 15 is 0 Å². The molecule has 1 aromatic carbocycles. The summed E-state index contributed by atoms with van der Waals surface area (Å²) in [5, 5.41) is -0.142. The second kappa shape index (κ2) is 5.54. The highest BCUT2D eigenvalue weighted by molar-refractivity contribution is 8.00. The molecular weight excluding hydrogens is 288 g/mol. The van der Waals surface area contributed by atoms with Crippen LogP contribution >= 0.6 is 11.8 Å². The lowest BCUT2D eigenvalue weighted by atomic mass is 10.1. The van der Waals surface area contributed by atoms with E-state index in [0.717, 1.165) is 5.56 Å². The van der Waals surface area contributed by atoms with Crippen LogP contribution in [0.2, 0.25) is 0 Å². The van der Waals surface area contributed by atoms with Crippen LogP contribution in [0.15, 0.2) is 42.1 Å². The average Bonchev–Trinajstić information content (AvgIpc) is 2.54. The lowest BCUT2D eigenvalue weighted by Crippen LogP contribution is -2.68. The first-order valence-corrected chi connectivity index (χ1v) is 7.81. The van der Waals surface area contributed by atoms with Crippen LogP contribution in [0.4, 0.5) is 0 Å². The van der Waals surface area contributed by atoms with Gasteiger partial charge in [0.2, 0.25) is 5.91 Å². The maximum Gasteiger partial charge on any atom is 0.355 e. The van der Waals surface area contributed by atoms with Gasteiger partial charge in [0.05, 0.1) is 0 Å². The molecule has 5 nitrogen and oxygen atoms in total. The smallest absolute Gasteiger partial charge is 0.355 e. The number of carbonyl (C=O) groups excluding carboxylic acids is 2. The van der Waals surface area contributed by atoms with Crippen molar-refractivity contribution in [1.82, 2.24) is 4.90 Å². The molecule has 1 aromatic rings. The summed E-state index contributed by atoms with van der Waals surface area (Å²) in [7, 11) is 0. The van der Waals surface area contributed by atoms with Gasteiger partial charge in [0.1, 0.15) is 23.2 Å². The van der Waals surface area contributed by atoms with E-state index in [9.17, 15) is 9.59 Å². The molecule has 1 fully saturated rings. The Kier molecular flexibility index (Phi) is 3.73. The van der Waals surface area contributed by atoms with E-state index in [4.69, 9.17) is 10.5 Å². The lowest BCUT2D eigenvalue weighted by molar-refractivity contribution is -0.153. The molecule has 2 heterocycles. The number of hydrogen-bond donors (Lipinski definition) is 1. The standard InChI is InChI=1S/C15H16N2O3S/c1-9(10-5-3-2-4-6-10)20-15(19)11-7-8-21-14-12(16)13(18)17(11)14/h2-7,9,12,14H,8,16H2,1H3/t9?,12-,14-/m1/s1. The first-order chi connectivity index (χ1) is 10.1. The zero-order valence-electron chi connectivity index (χ0n) is 11.6. The molecule has 2 aliphatic heterocycles. The lowest BCUT2D eigenvalue weighted by Gasteiger charge is -2.47. The third-order valence-electron chi connectivity index (χ3n) is 3.65. The summed E-state index contributed by atoms with van der Waals surface area (Å²) in [5.74, 6) is -0.0357. The van der Waals surface area contributed by atoms with E-state index in [1.807, 2.05) is 37.3 Å². The molecule has 3 atom stereocenters. The number of hydrogen-bond acceptors (Lipinski definition) is 5. The Morgan fingerprint density at radius 1 is 1.43 bits per heavy atom. The molecule has 21 heavy (non-hydrogen) atoms. The number of β-lactam (4-membered cyclic amide) rings is 1. The van der Waals surface area contributed by atoms with E-state index in [2.05, 4.69) is 0 Å². The molecule has 2 aliphatic rings.